The van der Waals surface area contributed by atoms with Crippen LogP contribution >= 0.6 is 0 Å². The average molecular weight is 289 g/mol. The fourth-order valence-corrected chi connectivity index (χ4v) is 2.33. The first-order valence-electron chi connectivity index (χ1n) is 6.56. The van der Waals surface area contributed by atoms with Gasteiger partial charge < -0.3 is 15.1 Å². The summed E-state index contributed by atoms with van der Waals surface area (Å²) in [4.78, 5) is 26.9. The van der Waals surface area contributed by atoms with Crippen LogP contribution in [0.3, 0.4) is 0 Å². The Morgan fingerprint density at radius 1 is 1.57 bits per heavy atom. The molecule has 5 nitrogen and oxygen atoms in total. The summed E-state index contributed by atoms with van der Waals surface area (Å²) in [6, 6.07) is 5.07. The van der Waals surface area contributed by atoms with Crippen molar-refractivity contribution in [1.82, 2.24) is 10.2 Å². The Hall–Kier alpha value is -2.55. The lowest BCUT2D eigenvalue weighted by molar-refractivity contribution is -0.120. The number of benzene rings is 1. The van der Waals surface area contributed by atoms with E-state index in [2.05, 4.69) is 11.2 Å². The van der Waals surface area contributed by atoms with Gasteiger partial charge in [0.2, 0.25) is 5.91 Å². The first-order chi connectivity index (χ1) is 10.1. The van der Waals surface area contributed by atoms with Gasteiger partial charge in [-0.3, -0.25) is 4.79 Å². The molecule has 1 saturated heterocycles. The van der Waals surface area contributed by atoms with Gasteiger partial charge in [-0.2, -0.15) is 0 Å². The molecule has 6 heteroatoms. The van der Waals surface area contributed by atoms with Gasteiger partial charge in [0, 0.05) is 13.6 Å². The molecule has 0 spiro atoms. The molecule has 0 bridgehead atoms. The van der Waals surface area contributed by atoms with Crippen LogP contribution in [0.1, 0.15) is 6.42 Å². The van der Waals surface area contributed by atoms with E-state index < -0.39 is 17.9 Å². The number of halogens is 1. The van der Waals surface area contributed by atoms with E-state index in [9.17, 15) is 14.0 Å². The maximum absolute atomic E-state index is 13.8. The van der Waals surface area contributed by atoms with Crippen LogP contribution in [0.2, 0.25) is 0 Å². The minimum Gasteiger partial charge on any atom is -0.327 e. The first-order valence-corrected chi connectivity index (χ1v) is 6.56. The smallest absolute Gasteiger partial charge is 0.318 e. The molecule has 1 atom stereocenters. The number of anilines is 1. The van der Waals surface area contributed by atoms with Crippen LogP contribution in [0.25, 0.3) is 0 Å². The summed E-state index contributed by atoms with van der Waals surface area (Å²) in [7, 11) is 1.53. The predicted octanol–water partition coefficient (Wildman–Crippen LogP) is 1.21. The SMILES string of the molecule is C#CCNC(=O)N(C)C1CCN(c2ccccc2F)C1=O. The molecule has 1 heterocycles. The number of rotatable bonds is 3. The van der Waals surface area contributed by atoms with Crippen LogP contribution in [0.5, 0.6) is 0 Å². The minimum absolute atomic E-state index is 0.0983. The standard InChI is InChI=1S/C15H16FN3O2/c1-3-9-17-15(21)18(2)13-8-10-19(14(13)20)12-7-5-4-6-11(12)16/h1,4-7,13H,8-10H2,2H3,(H,17,21). The van der Waals surface area contributed by atoms with E-state index in [0.29, 0.717) is 13.0 Å². The molecule has 1 aliphatic rings. The van der Waals surface area contributed by atoms with Gasteiger partial charge >= 0.3 is 6.03 Å². The van der Waals surface area contributed by atoms with Crippen LogP contribution in [-0.4, -0.2) is 43.0 Å². The summed E-state index contributed by atoms with van der Waals surface area (Å²) >= 11 is 0. The number of carbonyl (C=O) groups is 2. The number of terminal acetylenes is 1. The maximum Gasteiger partial charge on any atom is 0.318 e. The van der Waals surface area contributed by atoms with Crippen molar-refractivity contribution in [3.63, 3.8) is 0 Å². The monoisotopic (exact) mass is 289 g/mol. The number of amides is 3. The van der Waals surface area contributed by atoms with Crippen molar-refractivity contribution in [1.29, 1.82) is 0 Å². The zero-order valence-electron chi connectivity index (χ0n) is 11.7. The summed E-state index contributed by atoms with van der Waals surface area (Å²) in [5.74, 6) is 1.55. The van der Waals surface area contributed by atoms with E-state index in [1.54, 1.807) is 18.2 Å². The van der Waals surface area contributed by atoms with Gasteiger partial charge in [0.15, 0.2) is 0 Å². The van der Waals surface area contributed by atoms with Crippen LogP contribution in [-0.2, 0) is 4.79 Å². The highest BCUT2D eigenvalue weighted by molar-refractivity contribution is 6.01. The molecular formula is C15H16FN3O2. The molecule has 1 fully saturated rings. The van der Waals surface area contributed by atoms with Gasteiger partial charge in [-0.25, -0.2) is 9.18 Å². The van der Waals surface area contributed by atoms with E-state index in [-0.39, 0.29) is 18.1 Å². The third kappa shape index (κ3) is 2.97. The zero-order valence-corrected chi connectivity index (χ0v) is 11.7. The van der Waals surface area contributed by atoms with E-state index in [1.807, 2.05) is 0 Å². The van der Waals surface area contributed by atoms with Crippen molar-refractivity contribution in [3.8, 4) is 12.3 Å². The van der Waals surface area contributed by atoms with Crippen molar-refractivity contribution in [2.75, 3.05) is 25.0 Å². The van der Waals surface area contributed by atoms with Crippen molar-refractivity contribution in [2.24, 2.45) is 0 Å². The van der Waals surface area contributed by atoms with Gasteiger partial charge in [-0.05, 0) is 18.6 Å². The van der Waals surface area contributed by atoms with Crippen molar-refractivity contribution >= 4 is 17.6 Å². The molecule has 3 amide bonds. The molecule has 1 aromatic carbocycles. The normalized spacial score (nSPS) is 17.5. The Morgan fingerprint density at radius 3 is 2.95 bits per heavy atom. The maximum atomic E-state index is 13.8. The molecule has 2 rings (SSSR count). The largest absolute Gasteiger partial charge is 0.327 e. The molecule has 110 valence electrons. The molecule has 1 unspecified atom stereocenters. The molecule has 21 heavy (non-hydrogen) atoms. The second-order valence-corrected chi connectivity index (χ2v) is 4.72. The second kappa shape index (κ2) is 6.27. The van der Waals surface area contributed by atoms with Gasteiger partial charge in [0.25, 0.3) is 0 Å². The summed E-state index contributed by atoms with van der Waals surface area (Å²) in [6.45, 7) is 0.471. The van der Waals surface area contributed by atoms with Crippen molar-refractivity contribution in [3.05, 3.63) is 30.1 Å². The minimum atomic E-state index is -0.609. The number of hydrogen-bond donors (Lipinski definition) is 1. The van der Waals surface area contributed by atoms with Crippen molar-refractivity contribution < 1.29 is 14.0 Å². The number of hydrogen-bond acceptors (Lipinski definition) is 2. The van der Waals surface area contributed by atoms with Crippen molar-refractivity contribution in [2.45, 2.75) is 12.5 Å². The number of carbonyl (C=O) groups excluding carboxylic acids is 2. The highest BCUT2D eigenvalue weighted by Crippen LogP contribution is 2.26. The molecule has 0 radical (unpaired) electrons. The molecule has 0 aromatic heterocycles. The molecule has 0 saturated carbocycles. The summed E-state index contributed by atoms with van der Waals surface area (Å²) in [5.41, 5.74) is 0.238. The van der Waals surface area contributed by atoms with Gasteiger partial charge in [0.1, 0.15) is 11.9 Å². The molecule has 0 aliphatic carbocycles. The number of nitrogens with one attached hydrogen (secondary N) is 1. The molecular weight excluding hydrogens is 273 g/mol. The van der Waals surface area contributed by atoms with E-state index in [1.165, 1.54) is 22.9 Å². The lowest BCUT2D eigenvalue weighted by Crippen LogP contribution is -2.47. The van der Waals surface area contributed by atoms with Gasteiger partial charge in [-0.1, -0.05) is 18.1 Å². The number of nitrogens with zero attached hydrogens (tertiary/aromatic N) is 2. The third-order valence-electron chi connectivity index (χ3n) is 3.45. The number of likely N-dealkylation sites (N-methyl/N-ethyl adjacent to an activating group) is 1. The topological polar surface area (TPSA) is 52.7 Å². The highest BCUT2D eigenvalue weighted by atomic mass is 19.1. The quantitative estimate of drug-likeness (QED) is 0.850. The molecule has 1 aliphatic heterocycles. The summed E-state index contributed by atoms with van der Waals surface area (Å²) in [5, 5.41) is 2.50. The number of para-hydroxylation sites is 1. The third-order valence-corrected chi connectivity index (χ3v) is 3.45. The predicted molar refractivity (Wildman–Crippen MR) is 77.2 cm³/mol. The van der Waals surface area contributed by atoms with E-state index in [0.717, 1.165) is 0 Å². The van der Waals surface area contributed by atoms with Crippen LogP contribution in [0.4, 0.5) is 14.9 Å². The lowest BCUT2D eigenvalue weighted by Gasteiger charge is -2.24. The fraction of sp³-hybridized carbons (Fsp3) is 0.333. The fourth-order valence-electron chi connectivity index (χ4n) is 2.33. The molecule has 1 aromatic rings. The van der Waals surface area contributed by atoms with Crippen LogP contribution in [0.15, 0.2) is 24.3 Å². The average Bonchev–Trinajstić information content (AvgIpc) is 2.86. The Bertz CT molecular complexity index is 597. The Kier molecular flexibility index (Phi) is 4.43. The van der Waals surface area contributed by atoms with Crippen LogP contribution in [0, 0.1) is 18.2 Å². The van der Waals surface area contributed by atoms with E-state index >= 15 is 0 Å². The highest BCUT2D eigenvalue weighted by Gasteiger charge is 2.37. The number of urea groups is 1. The Balaban J connectivity index is 2.10. The van der Waals surface area contributed by atoms with Gasteiger partial charge in [-0.15, -0.1) is 6.42 Å². The van der Waals surface area contributed by atoms with E-state index in [4.69, 9.17) is 6.42 Å². The summed E-state index contributed by atoms with van der Waals surface area (Å²) < 4.78 is 13.8. The summed E-state index contributed by atoms with van der Waals surface area (Å²) in [6.07, 6.45) is 5.52. The Labute approximate surface area is 122 Å². The lowest BCUT2D eigenvalue weighted by atomic mass is 10.2. The Morgan fingerprint density at radius 2 is 2.29 bits per heavy atom. The molecule has 1 N–H and O–H groups in total. The van der Waals surface area contributed by atoms with Gasteiger partial charge in [0.05, 0.1) is 12.2 Å². The first kappa shape index (κ1) is 14.9. The van der Waals surface area contributed by atoms with Crippen LogP contribution < -0.4 is 10.2 Å². The zero-order chi connectivity index (χ0) is 15.4. The second-order valence-electron chi connectivity index (χ2n) is 4.72.